The summed E-state index contributed by atoms with van der Waals surface area (Å²) in [5.41, 5.74) is 2.37. The molecule has 1 saturated heterocycles. The lowest BCUT2D eigenvalue weighted by molar-refractivity contribution is -0.149. The molecule has 3 atom stereocenters. The average molecular weight is 539 g/mol. The van der Waals surface area contributed by atoms with Crippen LogP contribution in [0.2, 0.25) is 0 Å². The first-order valence-corrected chi connectivity index (χ1v) is 14.0. The maximum atomic E-state index is 13.5. The van der Waals surface area contributed by atoms with Gasteiger partial charge < -0.3 is 15.3 Å². The molecule has 12 nitrogen and oxygen atoms in total. The van der Waals surface area contributed by atoms with Crippen LogP contribution in [0.25, 0.3) is 0 Å². The minimum absolute atomic E-state index is 0.00624. The van der Waals surface area contributed by atoms with Crippen molar-refractivity contribution < 1.29 is 28.0 Å². The van der Waals surface area contributed by atoms with Crippen LogP contribution in [0.15, 0.2) is 22.0 Å². The van der Waals surface area contributed by atoms with E-state index in [-0.39, 0.29) is 30.1 Å². The molecule has 206 valence electrons. The standard InChI is InChI=1S/C24H38N6O6S/c1-16-13-17(2)21(18(3)14-16)37(34,35)30-24(22(32)33,28-20(31)15-19-7-12-36-29-19)8-4-5-9-25-23-26-10-6-11-27-23/h10,13-14,19,23,25,27,29-30H,4-9,11-12,15H2,1-3H3,(H,28,31)(H,32,33). The highest BCUT2D eigenvalue weighted by atomic mass is 32.2. The monoisotopic (exact) mass is 538 g/mol. The van der Waals surface area contributed by atoms with Crippen molar-refractivity contribution in [2.75, 3.05) is 19.7 Å². The van der Waals surface area contributed by atoms with Crippen LogP contribution in [0.4, 0.5) is 0 Å². The molecule has 0 radical (unpaired) electrons. The van der Waals surface area contributed by atoms with Crippen LogP contribution in [0.5, 0.6) is 0 Å². The summed E-state index contributed by atoms with van der Waals surface area (Å²) in [6.45, 7) is 6.96. The number of carboxylic acid groups (broad SMARTS) is 1. The van der Waals surface area contributed by atoms with Crippen molar-refractivity contribution in [1.82, 2.24) is 26.2 Å². The Bertz CT molecular complexity index is 1080. The van der Waals surface area contributed by atoms with Crippen LogP contribution in [-0.2, 0) is 24.4 Å². The maximum Gasteiger partial charge on any atom is 0.345 e. The van der Waals surface area contributed by atoms with E-state index >= 15 is 0 Å². The molecule has 2 aliphatic rings. The highest BCUT2D eigenvalue weighted by Crippen LogP contribution is 2.25. The molecule has 37 heavy (non-hydrogen) atoms. The number of aliphatic imine (C=N–C) groups is 1. The van der Waals surface area contributed by atoms with Gasteiger partial charge in [-0.1, -0.05) is 17.7 Å². The lowest BCUT2D eigenvalue weighted by Crippen LogP contribution is -2.65. The number of benzene rings is 1. The third kappa shape index (κ3) is 8.03. The van der Waals surface area contributed by atoms with Gasteiger partial charge in [-0.25, -0.2) is 13.2 Å². The van der Waals surface area contributed by atoms with Crippen molar-refractivity contribution >= 4 is 28.1 Å². The second kappa shape index (κ2) is 12.9. The van der Waals surface area contributed by atoms with E-state index < -0.39 is 27.6 Å². The van der Waals surface area contributed by atoms with E-state index in [1.54, 1.807) is 26.0 Å². The molecular weight excluding hydrogens is 500 g/mol. The highest BCUT2D eigenvalue weighted by Gasteiger charge is 2.44. The van der Waals surface area contributed by atoms with E-state index in [1.165, 1.54) is 0 Å². The molecule has 2 heterocycles. The van der Waals surface area contributed by atoms with E-state index in [4.69, 9.17) is 4.84 Å². The summed E-state index contributed by atoms with van der Waals surface area (Å²) in [6.07, 6.45) is 3.76. The highest BCUT2D eigenvalue weighted by molar-refractivity contribution is 7.89. The van der Waals surface area contributed by atoms with Crippen molar-refractivity contribution in [3.63, 3.8) is 0 Å². The van der Waals surface area contributed by atoms with E-state index in [0.717, 1.165) is 18.5 Å². The van der Waals surface area contributed by atoms with Crippen molar-refractivity contribution in [2.24, 2.45) is 4.99 Å². The summed E-state index contributed by atoms with van der Waals surface area (Å²) in [5.74, 6) is -2.07. The lowest BCUT2D eigenvalue weighted by Gasteiger charge is -2.32. The maximum absolute atomic E-state index is 13.5. The van der Waals surface area contributed by atoms with Crippen molar-refractivity contribution in [3.05, 3.63) is 28.8 Å². The second-order valence-electron chi connectivity index (χ2n) is 9.64. The Morgan fingerprint density at radius 3 is 2.54 bits per heavy atom. The molecule has 3 rings (SSSR count). The van der Waals surface area contributed by atoms with Gasteiger partial charge in [-0.05, 0) is 70.5 Å². The van der Waals surface area contributed by atoms with Gasteiger partial charge in [0.05, 0.1) is 11.5 Å². The fraction of sp³-hybridized carbons (Fsp3) is 0.625. The number of carbonyl (C=O) groups is 2. The third-order valence-corrected chi connectivity index (χ3v) is 8.13. The Hall–Kier alpha value is -2.42. The normalized spacial score (nSPS) is 21.5. The second-order valence-corrected chi connectivity index (χ2v) is 11.3. The number of amides is 1. The molecule has 1 fully saturated rings. The average Bonchev–Trinajstić information content (AvgIpc) is 3.31. The van der Waals surface area contributed by atoms with Crippen LogP contribution in [0, 0.1) is 20.8 Å². The number of rotatable bonds is 13. The van der Waals surface area contributed by atoms with Gasteiger partial charge in [-0.3, -0.25) is 20.4 Å². The first-order valence-electron chi connectivity index (χ1n) is 12.5. The molecule has 6 N–H and O–H groups in total. The number of hydrogen-bond acceptors (Lipinski definition) is 9. The van der Waals surface area contributed by atoms with Crippen LogP contribution in [0.3, 0.4) is 0 Å². The number of aryl methyl sites for hydroxylation is 3. The Morgan fingerprint density at radius 2 is 1.95 bits per heavy atom. The Labute approximate surface area is 218 Å². The minimum Gasteiger partial charge on any atom is -0.478 e. The van der Waals surface area contributed by atoms with Crippen LogP contribution in [-0.4, -0.2) is 69.3 Å². The molecule has 2 aliphatic heterocycles. The molecule has 0 aromatic heterocycles. The van der Waals surface area contributed by atoms with Gasteiger partial charge in [0, 0.05) is 25.2 Å². The number of unbranched alkanes of at least 4 members (excludes halogenated alkanes) is 1. The fourth-order valence-electron chi connectivity index (χ4n) is 4.70. The van der Waals surface area contributed by atoms with E-state index in [0.29, 0.717) is 43.5 Å². The zero-order valence-corrected chi connectivity index (χ0v) is 22.4. The first-order chi connectivity index (χ1) is 17.5. The number of hydroxylamine groups is 1. The summed E-state index contributed by atoms with van der Waals surface area (Å²) in [4.78, 5) is 34.9. The topological polar surface area (TPSA) is 170 Å². The fourth-order valence-corrected chi connectivity index (χ4v) is 6.47. The van der Waals surface area contributed by atoms with Crippen LogP contribution >= 0.6 is 0 Å². The van der Waals surface area contributed by atoms with E-state index in [1.807, 2.05) is 13.1 Å². The van der Waals surface area contributed by atoms with Gasteiger partial charge in [0.25, 0.3) is 0 Å². The molecule has 3 unspecified atom stereocenters. The molecule has 1 amide bonds. The summed E-state index contributed by atoms with van der Waals surface area (Å²) in [6, 6.07) is 3.17. The van der Waals surface area contributed by atoms with Crippen molar-refractivity contribution in [2.45, 2.75) is 82.2 Å². The van der Waals surface area contributed by atoms with Crippen LogP contribution < -0.4 is 26.2 Å². The molecule has 0 bridgehead atoms. The summed E-state index contributed by atoms with van der Waals surface area (Å²) in [7, 11) is -4.30. The van der Waals surface area contributed by atoms with Gasteiger partial charge in [0.1, 0.15) is 0 Å². The van der Waals surface area contributed by atoms with E-state index in [2.05, 4.69) is 31.1 Å². The number of nitrogens with one attached hydrogen (secondary N) is 5. The number of carbonyl (C=O) groups excluding carboxylic acids is 1. The third-order valence-electron chi connectivity index (χ3n) is 6.33. The number of carboxylic acids is 1. The lowest BCUT2D eigenvalue weighted by atomic mass is 10.0. The molecular formula is C24H38N6O6S. The number of aliphatic carboxylic acids is 1. The predicted molar refractivity (Wildman–Crippen MR) is 138 cm³/mol. The molecule has 13 heteroatoms. The van der Waals surface area contributed by atoms with Gasteiger partial charge in [-0.2, -0.15) is 10.2 Å². The molecule has 1 aromatic rings. The van der Waals surface area contributed by atoms with Gasteiger partial charge >= 0.3 is 5.97 Å². The van der Waals surface area contributed by atoms with Gasteiger partial charge in [0.15, 0.2) is 6.29 Å². The van der Waals surface area contributed by atoms with Gasteiger partial charge in [0.2, 0.25) is 21.6 Å². The Balaban J connectivity index is 1.78. The summed E-state index contributed by atoms with van der Waals surface area (Å²) >= 11 is 0. The van der Waals surface area contributed by atoms with Crippen LogP contribution in [0.1, 0.15) is 55.2 Å². The molecule has 1 aromatic carbocycles. The van der Waals surface area contributed by atoms with Crippen molar-refractivity contribution in [1.29, 1.82) is 0 Å². The predicted octanol–water partition coefficient (Wildman–Crippen LogP) is 0.578. The van der Waals surface area contributed by atoms with Crippen molar-refractivity contribution in [3.8, 4) is 0 Å². The van der Waals surface area contributed by atoms with E-state index in [9.17, 15) is 23.1 Å². The first kappa shape index (κ1) is 29.1. The Morgan fingerprint density at radius 1 is 1.22 bits per heavy atom. The minimum atomic E-state index is -4.30. The number of nitrogens with zero attached hydrogens (tertiary/aromatic N) is 1. The Kier molecular flexibility index (Phi) is 10.2. The number of hydrogen-bond donors (Lipinski definition) is 6. The molecule has 0 spiro atoms. The largest absolute Gasteiger partial charge is 0.478 e. The SMILES string of the molecule is Cc1cc(C)c(S(=O)(=O)NC(CCCCNC2N=CCCN2)(NC(=O)CC2CCON2)C(=O)O)c(C)c1. The molecule has 0 aliphatic carbocycles. The van der Waals surface area contributed by atoms with Gasteiger partial charge in [-0.15, -0.1) is 0 Å². The quantitative estimate of drug-likeness (QED) is 0.155. The zero-order chi connectivity index (χ0) is 27.1. The smallest absolute Gasteiger partial charge is 0.345 e. The summed E-state index contributed by atoms with van der Waals surface area (Å²) < 4.78 is 29.4. The summed E-state index contributed by atoms with van der Waals surface area (Å²) in [5, 5.41) is 19.2. The number of sulfonamides is 1. The zero-order valence-electron chi connectivity index (χ0n) is 21.6. The molecule has 0 saturated carbocycles.